The third kappa shape index (κ3) is 9.46. The second-order valence-corrected chi connectivity index (χ2v) is 14.0. The fourth-order valence-corrected chi connectivity index (χ4v) is 6.79. The first kappa shape index (κ1) is 46.0. The van der Waals surface area contributed by atoms with E-state index in [2.05, 4.69) is 0 Å². The lowest BCUT2D eigenvalue weighted by atomic mass is 9.96. The van der Waals surface area contributed by atoms with Gasteiger partial charge in [0.2, 0.25) is 0 Å². The third-order valence-electron chi connectivity index (χ3n) is 10.3. The molecular weight excluding hydrogens is 776 g/mol. The number of hydrogen-bond acceptors (Lipinski definition) is 26. The molecular formula is C30H52O26. The standard InChI is InChI=1S/C30H52O26/c31-1-6-11(34)17(40)22(45)28(51-6)55-24-15(38)8(3-33)52-29(23(24)46)56-25-19(42)12(35)7(2-32)53-30(25)49-5-10-14(37)18(41)21(44)27(54-10)48-4-9-13(36)16(39)20(43)26(47)50-9/h6-47H,1-5H2/t6-,7-,8-,9-,10-,11-,12-,13-,14-,15-,16+,17+,18+,19+,20+,21+,22+,23+,24+,25+,26?,27+,28-,29-,30+/m1/s1. The summed E-state index contributed by atoms with van der Waals surface area (Å²) in [6, 6.07) is 0. The molecule has 328 valence electrons. The molecule has 0 spiro atoms. The van der Waals surface area contributed by atoms with E-state index < -0.39 is 187 Å². The van der Waals surface area contributed by atoms with Crippen LogP contribution in [-0.4, -0.2) is 273 Å². The number of aliphatic hydroxyl groups excluding tert-OH is 17. The van der Waals surface area contributed by atoms with Crippen LogP contribution in [0.15, 0.2) is 0 Å². The molecule has 5 fully saturated rings. The zero-order chi connectivity index (χ0) is 41.3. The predicted octanol–water partition coefficient (Wildman–Crippen LogP) is -11.9. The normalized spacial score (nSPS) is 53.2. The maximum atomic E-state index is 11.2. The van der Waals surface area contributed by atoms with Gasteiger partial charge in [0.1, 0.15) is 122 Å². The molecule has 0 aromatic rings. The summed E-state index contributed by atoms with van der Waals surface area (Å²) in [6.07, 6.45) is -45.7. The highest BCUT2D eigenvalue weighted by molar-refractivity contribution is 4.97. The fraction of sp³-hybridized carbons (Fsp3) is 1.00. The molecule has 0 aromatic carbocycles. The van der Waals surface area contributed by atoms with Crippen LogP contribution in [0, 0.1) is 0 Å². The fourth-order valence-electron chi connectivity index (χ4n) is 6.79. The van der Waals surface area contributed by atoms with Crippen LogP contribution in [0.5, 0.6) is 0 Å². The molecule has 5 saturated heterocycles. The van der Waals surface area contributed by atoms with Crippen LogP contribution in [-0.2, 0) is 42.6 Å². The highest BCUT2D eigenvalue weighted by atomic mass is 16.8. The van der Waals surface area contributed by atoms with E-state index in [1.54, 1.807) is 0 Å². The minimum Gasteiger partial charge on any atom is -0.394 e. The van der Waals surface area contributed by atoms with Crippen LogP contribution in [0.2, 0.25) is 0 Å². The molecule has 26 nitrogen and oxygen atoms in total. The number of aliphatic hydroxyl groups is 17. The van der Waals surface area contributed by atoms with Crippen molar-refractivity contribution in [2.24, 2.45) is 0 Å². The SMILES string of the molecule is OC[C@H]1O[C@H](O[C@@H]2[C@H](O)[C@@H](O[C@@H]3[C@@H](OC[C@H]4O[C@H](OC[C@H]5OC(O)[C@@H](O)[C@@H](O)[C@@H]5O)[C@@H](O)[C@@H](O)[C@@H]4O)O[C@H](CO)[C@@H](O)[C@@H]3O)O[C@H](CO)[C@H]2O)[C@@H](O)[C@@H](O)[C@@H]1O. The Morgan fingerprint density at radius 1 is 0.304 bits per heavy atom. The summed E-state index contributed by atoms with van der Waals surface area (Å²) in [5, 5.41) is 175. The Morgan fingerprint density at radius 3 is 1.23 bits per heavy atom. The monoisotopic (exact) mass is 828 g/mol. The Labute approximate surface area is 316 Å². The summed E-state index contributed by atoms with van der Waals surface area (Å²) in [5.41, 5.74) is 0. The van der Waals surface area contributed by atoms with Crippen LogP contribution in [0.4, 0.5) is 0 Å². The molecule has 5 aliphatic rings. The molecule has 5 heterocycles. The largest absolute Gasteiger partial charge is 0.394 e. The van der Waals surface area contributed by atoms with Crippen molar-refractivity contribution in [3.05, 3.63) is 0 Å². The van der Waals surface area contributed by atoms with Gasteiger partial charge in [0, 0.05) is 0 Å². The number of ether oxygens (including phenoxy) is 9. The van der Waals surface area contributed by atoms with Crippen molar-refractivity contribution < 1.29 is 129 Å². The van der Waals surface area contributed by atoms with E-state index in [0.29, 0.717) is 0 Å². The van der Waals surface area contributed by atoms with Gasteiger partial charge in [-0.15, -0.1) is 0 Å². The first-order valence-corrected chi connectivity index (χ1v) is 17.6. The molecule has 25 atom stereocenters. The van der Waals surface area contributed by atoms with Gasteiger partial charge in [-0.2, -0.15) is 0 Å². The molecule has 56 heavy (non-hydrogen) atoms. The maximum absolute atomic E-state index is 11.2. The summed E-state index contributed by atoms with van der Waals surface area (Å²) in [5.74, 6) is 0. The van der Waals surface area contributed by atoms with Gasteiger partial charge in [0.15, 0.2) is 31.5 Å². The third-order valence-corrected chi connectivity index (χ3v) is 10.3. The quantitative estimate of drug-likeness (QED) is 0.0819. The van der Waals surface area contributed by atoms with Crippen molar-refractivity contribution in [3.8, 4) is 0 Å². The topological polar surface area (TPSA) is 427 Å². The van der Waals surface area contributed by atoms with E-state index in [1.165, 1.54) is 0 Å². The Balaban J connectivity index is 1.28. The minimum atomic E-state index is -2.10. The van der Waals surface area contributed by atoms with E-state index in [9.17, 15) is 86.8 Å². The molecule has 0 amide bonds. The van der Waals surface area contributed by atoms with Gasteiger partial charge in [-0.1, -0.05) is 0 Å². The van der Waals surface area contributed by atoms with Crippen molar-refractivity contribution in [2.45, 2.75) is 154 Å². The Hall–Kier alpha value is -1.04. The molecule has 5 rings (SSSR count). The van der Waals surface area contributed by atoms with Gasteiger partial charge in [-0.25, -0.2) is 0 Å². The summed E-state index contributed by atoms with van der Waals surface area (Å²) < 4.78 is 49.2. The first-order valence-electron chi connectivity index (χ1n) is 17.6. The lowest BCUT2D eigenvalue weighted by molar-refractivity contribution is -0.388. The molecule has 0 saturated carbocycles. The highest BCUT2D eigenvalue weighted by Crippen LogP contribution is 2.34. The van der Waals surface area contributed by atoms with Crippen molar-refractivity contribution in [1.82, 2.24) is 0 Å². The van der Waals surface area contributed by atoms with Gasteiger partial charge >= 0.3 is 0 Å². The minimum absolute atomic E-state index is 0.696. The molecule has 0 bridgehead atoms. The van der Waals surface area contributed by atoms with Gasteiger partial charge in [0.25, 0.3) is 0 Å². The van der Waals surface area contributed by atoms with Gasteiger partial charge in [-0.05, 0) is 0 Å². The lowest BCUT2D eigenvalue weighted by Crippen LogP contribution is -2.67. The van der Waals surface area contributed by atoms with E-state index in [-0.39, 0.29) is 0 Å². The maximum Gasteiger partial charge on any atom is 0.187 e. The van der Waals surface area contributed by atoms with Gasteiger partial charge in [0.05, 0.1) is 33.0 Å². The molecule has 17 N–H and O–H groups in total. The molecule has 26 heteroatoms. The van der Waals surface area contributed by atoms with Crippen molar-refractivity contribution in [2.75, 3.05) is 33.0 Å². The summed E-state index contributed by atoms with van der Waals surface area (Å²) in [7, 11) is 0. The molecule has 0 aliphatic carbocycles. The van der Waals surface area contributed by atoms with Crippen LogP contribution < -0.4 is 0 Å². The van der Waals surface area contributed by atoms with Gasteiger partial charge < -0.3 is 129 Å². The number of hydrogen-bond donors (Lipinski definition) is 17. The van der Waals surface area contributed by atoms with E-state index in [4.69, 9.17) is 42.6 Å². The zero-order valence-corrected chi connectivity index (χ0v) is 29.2. The van der Waals surface area contributed by atoms with Crippen LogP contribution >= 0.6 is 0 Å². The highest BCUT2D eigenvalue weighted by Gasteiger charge is 2.55. The van der Waals surface area contributed by atoms with E-state index in [0.717, 1.165) is 0 Å². The average molecular weight is 829 g/mol. The Morgan fingerprint density at radius 2 is 0.679 bits per heavy atom. The molecule has 5 aliphatic heterocycles. The first-order chi connectivity index (χ1) is 26.4. The molecule has 0 radical (unpaired) electrons. The van der Waals surface area contributed by atoms with E-state index in [1.807, 2.05) is 0 Å². The predicted molar refractivity (Wildman–Crippen MR) is 167 cm³/mol. The van der Waals surface area contributed by atoms with Crippen molar-refractivity contribution >= 4 is 0 Å². The second-order valence-electron chi connectivity index (χ2n) is 14.0. The second kappa shape index (κ2) is 19.6. The lowest BCUT2D eigenvalue weighted by Gasteiger charge is -2.48. The van der Waals surface area contributed by atoms with Crippen LogP contribution in [0.25, 0.3) is 0 Å². The van der Waals surface area contributed by atoms with Crippen molar-refractivity contribution in [3.63, 3.8) is 0 Å². The van der Waals surface area contributed by atoms with Crippen LogP contribution in [0.3, 0.4) is 0 Å². The average Bonchev–Trinajstić information content (AvgIpc) is 3.18. The van der Waals surface area contributed by atoms with E-state index >= 15 is 0 Å². The smallest absolute Gasteiger partial charge is 0.187 e. The summed E-state index contributed by atoms with van der Waals surface area (Å²) >= 11 is 0. The Kier molecular flexibility index (Phi) is 16.1. The van der Waals surface area contributed by atoms with Gasteiger partial charge in [-0.3, -0.25) is 0 Å². The molecule has 1 unspecified atom stereocenters. The summed E-state index contributed by atoms with van der Waals surface area (Å²) in [4.78, 5) is 0. The number of rotatable bonds is 13. The Bertz CT molecular complexity index is 1210. The summed E-state index contributed by atoms with van der Waals surface area (Å²) in [6.45, 7) is -4.16. The molecule has 0 aromatic heterocycles. The van der Waals surface area contributed by atoms with Crippen LogP contribution in [0.1, 0.15) is 0 Å². The van der Waals surface area contributed by atoms with Crippen molar-refractivity contribution in [1.29, 1.82) is 0 Å². The zero-order valence-electron chi connectivity index (χ0n) is 29.2.